The highest BCUT2D eigenvalue weighted by atomic mass is 32.2. The molecular weight excluding hydrogens is 485 g/mol. The van der Waals surface area contributed by atoms with Gasteiger partial charge in [-0.25, -0.2) is 12.8 Å². The number of Topliss-reactive ketones (excluding diaryl/α,β-unsaturated/α-hetero) is 1. The van der Waals surface area contributed by atoms with E-state index in [0.717, 1.165) is 54.4 Å². The molecule has 0 radical (unpaired) electrons. The Labute approximate surface area is 220 Å². The summed E-state index contributed by atoms with van der Waals surface area (Å²) in [7, 11) is -3.40. The maximum absolute atomic E-state index is 13.2. The zero-order valence-electron chi connectivity index (χ0n) is 21.4. The molecule has 196 valence electrons. The third kappa shape index (κ3) is 7.14. The van der Waals surface area contributed by atoms with E-state index in [9.17, 15) is 17.6 Å². The minimum atomic E-state index is -3.40. The van der Waals surface area contributed by atoms with Crippen LogP contribution in [0.15, 0.2) is 77.7 Å². The zero-order valence-corrected chi connectivity index (χ0v) is 22.2. The monoisotopic (exact) mass is 521 g/mol. The molecule has 3 aromatic rings. The predicted molar refractivity (Wildman–Crippen MR) is 147 cm³/mol. The van der Waals surface area contributed by atoms with Crippen molar-refractivity contribution in [2.24, 2.45) is 17.6 Å². The summed E-state index contributed by atoms with van der Waals surface area (Å²) in [6.07, 6.45) is 4.18. The summed E-state index contributed by atoms with van der Waals surface area (Å²) in [6.45, 7) is 2.58. The number of carbonyl (C=O) groups excluding carboxylic acids is 1. The fourth-order valence-corrected chi connectivity index (χ4v) is 7.06. The van der Waals surface area contributed by atoms with Gasteiger partial charge >= 0.3 is 0 Å². The summed E-state index contributed by atoms with van der Waals surface area (Å²) in [4.78, 5) is 13.2. The molecule has 3 aromatic carbocycles. The average molecular weight is 522 g/mol. The van der Waals surface area contributed by atoms with E-state index in [1.807, 2.05) is 37.3 Å². The van der Waals surface area contributed by atoms with Crippen molar-refractivity contribution in [3.63, 3.8) is 0 Å². The summed E-state index contributed by atoms with van der Waals surface area (Å²) in [5.74, 6) is 0.152. The van der Waals surface area contributed by atoms with Gasteiger partial charge in [0.25, 0.3) is 0 Å². The van der Waals surface area contributed by atoms with Crippen molar-refractivity contribution in [3.8, 4) is 11.1 Å². The number of halogens is 1. The summed E-state index contributed by atoms with van der Waals surface area (Å²) in [6, 6.07) is 21.6. The largest absolute Gasteiger partial charge is 0.330 e. The lowest BCUT2D eigenvalue weighted by Gasteiger charge is -2.28. The molecule has 4 rings (SSSR count). The molecule has 1 fully saturated rings. The van der Waals surface area contributed by atoms with E-state index < -0.39 is 9.84 Å². The van der Waals surface area contributed by atoms with Gasteiger partial charge in [0, 0.05) is 12.3 Å². The minimum Gasteiger partial charge on any atom is -0.330 e. The van der Waals surface area contributed by atoms with Crippen molar-refractivity contribution < 1.29 is 17.6 Å². The highest BCUT2D eigenvalue weighted by Crippen LogP contribution is 2.34. The Bertz CT molecular complexity index is 1300. The second kappa shape index (κ2) is 12.1. The van der Waals surface area contributed by atoms with Crippen LogP contribution in [0, 0.1) is 17.7 Å². The van der Waals surface area contributed by atoms with Gasteiger partial charge in [0.05, 0.1) is 10.6 Å². The van der Waals surface area contributed by atoms with Crippen molar-refractivity contribution in [2.45, 2.75) is 56.3 Å². The molecule has 0 unspecified atom stereocenters. The van der Waals surface area contributed by atoms with Gasteiger partial charge in [0.2, 0.25) is 0 Å². The molecule has 1 aliphatic carbocycles. The Morgan fingerprint density at radius 3 is 2.27 bits per heavy atom. The number of carbonyl (C=O) groups is 1. The zero-order chi connectivity index (χ0) is 26.4. The van der Waals surface area contributed by atoms with Gasteiger partial charge in [-0.2, -0.15) is 0 Å². The number of benzene rings is 3. The molecule has 0 bridgehead atoms. The van der Waals surface area contributed by atoms with E-state index >= 15 is 0 Å². The van der Waals surface area contributed by atoms with Gasteiger partial charge in [-0.1, -0.05) is 55.5 Å². The van der Waals surface area contributed by atoms with Crippen molar-refractivity contribution in [1.82, 2.24) is 0 Å². The fraction of sp³-hybridized carbons (Fsp3) is 0.387. The van der Waals surface area contributed by atoms with E-state index in [4.69, 9.17) is 5.73 Å². The molecular formula is C31H36FNO3S. The van der Waals surface area contributed by atoms with E-state index in [-0.39, 0.29) is 35.1 Å². The smallest absolute Gasteiger partial charge is 0.178 e. The molecule has 4 nitrogen and oxygen atoms in total. The van der Waals surface area contributed by atoms with Crippen molar-refractivity contribution in [2.75, 3.05) is 12.3 Å². The van der Waals surface area contributed by atoms with Gasteiger partial charge in [0.15, 0.2) is 9.84 Å². The van der Waals surface area contributed by atoms with Gasteiger partial charge in [-0.05, 0) is 97.0 Å². The second-order valence-corrected chi connectivity index (χ2v) is 12.4. The molecule has 1 atom stereocenters. The topological polar surface area (TPSA) is 77.2 Å². The van der Waals surface area contributed by atoms with Gasteiger partial charge in [-0.15, -0.1) is 0 Å². The number of hydrogen-bond acceptors (Lipinski definition) is 4. The van der Waals surface area contributed by atoms with Gasteiger partial charge in [-0.3, -0.25) is 4.79 Å². The third-order valence-corrected chi connectivity index (χ3v) is 9.51. The number of sulfone groups is 1. The molecule has 0 amide bonds. The van der Waals surface area contributed by atoms with Crippen molar-refractivity contribution in [1.29, 1.82) is 0 Å². The van der Waals surface area contributed by atoms with Gasteiger partial charge in [0.1, 0.15) is 11.6 Å². The first-order valence-corrected chi connectivity index (χ1v) is 14.8. The lowest BCUT2D eigenvalue weighted by Crippen LogP contribution is -2.26. The third-order valence-electron chi connectivity index (χ3n) is 7.61. The maximum atomic E-state index is 13.2. The Morgan fingerprint density at radius 2 is 1.62 bits per heavy atom. The van der Waals surface area contributed by atoms with Crippen LogP contribution in [0.25, 0.3) is 11.1 Å². The summed E-state index contributed by atoms with van der Waals surface area (Å²) >= 11 is 0. The number of hydrogen-bond donors (Lipinski definition) is 1. The summed E-state index contributed by atoms with van der Waals surface area (Å²) in [5, 5.41) is 0. The minimum absolute atomic E-state index is 0.0174. The standard InChI is InChI=1S/C31H36FNO3S/c1-22(25-9-13-29(32)14-10-25)19-31(34)27-7-5-24(6-8-27)21-37(35,36)30-15-11-26(12-16-30)28-4-2-3-23(20-28)17-18-33/h2-4,9-16,20,22,24,27H,5-8,17-19,21,33H2,1H3/t22-,24?,27?/m0/s1. The van der Waals surface area contributed by atoms with Crippen molar-refractivity contribution in [3.05, 3.63) is 89.7 Å². The summed E-state index contributed by atoms with van der Waals surface area (Å²) in [5.41, 5.74) is 9.82. The quantitative estimate of drug-likeness (QED) is 0.338. The van der Waals surface area contributed by atoms with Crippen LogP contribution < -0.4 is 5.73 Å². The fourth-order valence-electron chi connectivity index (χ4n) is 5.36. The van der Waals surface area contributed by atoms with E-state index in [0.29, 0.717) is 17.9 Å². The Morgan fingerprint density at radius 1 is 0.946 bits per heavy atom. The second-order valence-electron chi connectivity index (χ2n) is 10.4. The van der Waals surface area contributed by atoms with Crippen LogP contribution in [0.2, 0.25) is 0 Å². The molecule has 0 spiro atoms. The number of nitrogens with two attached hydrogens (primary N) is 1. The average Bonchev–Trinajstić information content (AvgIpc) is 2.89. The van der Waals surface area contributed by atoms with E-state index in [2.05, 4.69) is 6.07 Å². The Hall–Kier alpha value is -2.83. The van der Waals surface area contributed by atoms with E-state index in [1.165, 1.54) is 12.1 Å². The Balaban J connectivity index is 1.30. The molecule has 1 saturated carbocycles. The Kier molecular flexibility index (Phi) is 8.93. The van der Waals surface area contributed by atoms with Crippen LogP contribution in [0.4, 0.5) is 4.39 Å². The van der Waals surface area contributed by atoms with E-state index in [1.54, 1.807) is 24.3 Å². The lowest BCUT2D eigenvalue weighted by molar-refractivity contribution is -0.124. The van der Waals surface area contributed by atoms with Crippen LogP contribution in [0.1, 0.15) is 56.1 Å². The van der Waals surface area contributed by atoms with Crippen LogP contribution in [0.5, 0.6) is 0 Å². The molecule has 1 aliphatic rings. The maximum Gasteiger partial charge on any atom is 0.178 e. The molecule has 0 aliphatic heterocycles. The normalized spacial score (nSPS) is 18.9. The van der Waals surface area contributed by atoms with Crippen molar-refractivity contribution >= 4 is 15.6 Å². The first kappa shape index (κ1) is 27.2. The molecule has 0 aromatic heterocycles. The van der Waals surface area contributed by atoms with Crippen LogP contribution >= 0.6 is 0 Å². The van der Waals surface area contributed by atoms with Crippen LogP contribution in [0.3, 0.4) is 0 Å². The lowest BCUT2D eigenvalue weighted by atomic mass is 9.78. The highest BCUT2D eigenvalue weighted by molar-refractivity contribution is 7.91. The first-order valence-electron chi connectivity index (χ1n) is 13.2. The first-order chi connectivity index (χ1) is 17.7. The molecule has 0 heterocycles. The van der Waals surface area contributed by atoms with Crippen LogP contribution in [-0.2, 0) is 21.1 Å². The molecule has 0 saturated heterocycles. The SMILES string of the molecule is C[C@@H](CC(=O)C1CCC(CS(=O)(=O)c2ccc(-c3cccc(CCN)c3)cc2)CC1)c1ccc(F)cc1. The molecule has 2 N–H and O–H groups in total. The number of rotatable bonds is 10. The summed E-state index contributed by atoms with van der Waals surface area (Å²) < 4.78 is 39.4. The molecule has 37 heavy (non-hydrogen) atoms. The number of ketones is 1. The highest BCUT2D eigenvalue weighted by Gasteiger charge is 2.30. The predicted octanol–water partition coefficient (Wildman–Crippen LogP) is 6.34. The van der Waals surface area contributed by atoms with Gasteiger partial charge < -0.3 is 5.73 Å². The van der Waals surface area contributed by atoms with Crippen LogP contribution in [-0.4, -0.2) is 26.5 Å². The molecule has 6 heteroatoms.